The summed E-state index contributed by atoms with van der Waals surface area (Å²) in [6, 6.07) is 11.2. The van der Waals surface area contributed by atoms with Crippen molar-refractivity contribution in [3.63, 3.8) is 0 Å². The van der Waals surface area contributed by atoms with Gasteiger partial charge in [0, 0.05) is 6.42 Å². The molecule has 3 amide bonds. The third-order valence-electron chi connectivity index (χ3n) is 5.72. The first-order chi connectivity index (χ1) is 17.5. The van der Waals surface area contributed by atoms with E-state index in [1.54, 1.807) is 12.1 Å². The molecule has 0 fully saturated rings. The Labute approximate surface area is 216 Å². The number of hydrogen-bond donors (Lipinski definition) is 6. The normalized spacial score (nSPS) is 14.2. The van der Waals surface area contributed by atoms with E-state index >= 15 is 0 Å². The topological polar surface area (TPSA) is 171 Å². The van der Waals surface area contributed by atoms with E-state index in [9.17, 15) is 29.4 Å². The van der Waals surface area contributed by atoms with Crippen molar-refractivity contribution in [2.24, 2.45) is 11.7 Å². The fraction of sp³-hybridized carbons (Fsp3) is 0.407. The van der Waals surface area contributed by atoms with Gasteiger partial charge in [-0.15, -0.1) is 0 Å². The average Bonchev–Trinajstić information content (AvgIpc) is 2.84. The van der Waals surface area contributed by atoms with Crippen LogP contribution in [-0.2, 0) is 32.0 Å². The summed E-state index contributed by atoms with van der Waals surface area (Å²) in [5.74, 6) is -2.92. The predicted molar refractivity (Wildman–Crippen MR) is 138 cm³/mol. The quantitative estimate of drug-likeness (QED) is 0.233. The molecule has 0 saturated heterocycles. The number of carbonyl (C=O) groups is 4. The van der Waals surface area contributed by atoms with Gasteiger partial charge in [-0.1, -0.05) is 56.3 Å². The molecule has 10 nitrogen and oxygen atoms in total. The number of phenols is 1. The molecular formula is C27H36N4O6. The lowest BCUT2D eigenvalue weighted by Gasteiger charge is -2.25. The summed E-state index contributed by atoms with van der Waals surface area (Å²) >= 11 is 0. The van der Waals surface area contributed by atoms with Gasteiger partial charge in [-0.3, -0.25) is 14.4 Å². The molecule has 10 heteroatoms. The third-order valence-corrected chi connectivity index (χ3v) is 5.72. The Morgan fingerprint density at radius 1 is 0.757 bits per heavy atom. The summed E-state index contributed by atoms with van der Waals surface area (Å²) in [4.78, 5) is 50.1. The van der Waals surface area contributed by atoms with Crippen LogP contribution in [0.4, 0.5) is 0 Å². The lowest BCUT2D eigenvalue weighted by molar-refractivity contribution is -0.142. The van der Waals surface area contributed by atoms with Gasteiger partial charge in [0.25, 0.3) is 0 Å². The molecule has 200 valence electrons. The van der Waals surface area contributed by atoms with Crippen LogP contribution in [0, 0.1) is 5.92 Å². The molecule has 0 spiro atoms. The van der Waals surface area contributed by atoms with E-state index in [1.807, 2.05) is 44.2 Å². The Kier molecular flexibility index (Phi) is 11.1. The highest BCUT2D eigenvalue weighted by Crippen LogP contribution is 2.12. The fourth-order valence-corrected chi connectivity index (χ4v) is 3.69. The first kappa shape index (κ1) is 29.3. The van der Waals surface area contributed by atoms with Crippen LogP contribution in [0.1, 0.15) is 38.3 Å². The Bertz CT molecular complexity index is 1060. The van der Waals surface area contributed by atoms with E-state index in [0.717, 1.165) is 5.56 Å². The average molecular weight is 513 g/mol. The van der Waals surface area contributed by atoms with Crippen molar-refractivity contribution >= 4 is 23.7 Å². The molecule has 0 aliphatic carbocycles. The molecule has 2 aromatic carbocycles. The van der Waals surface area contributed by atoms with Crippen molar-refractivity contribution in [2.75, 3.05) is 0 Å². The monoisotopic (exact) mass is 512 g/mol. The van der Waals surface area contributed by atoms with Crippen molar-refractivity contribution in [1.82, 2.24) is 16.0 Å². The molecule has 0 aliphatic heterocycles. The number of benzene rings is 2. The van der Waals surface area contributed by atoms with E-state index in [-0.39, 0.29) is 24.5 Å². The summed E-state index contributed by atoms with van der Waals surface area (Å²) in [7, 11) is 0. The lowest BCUT2D eigenvalue weighted by Crippen LogP contribution is -2.57. The first-order valence-electron chi connectivity index (χ1n) is 12.2. The van der Waals surface area contributed by atoms with E-state index in [0.29, 0.717) is 12.0 Å². The van der Waals surface area contributed by atoms with E-state index in [2.05, 4.69) is 16.0 Å². The molecule has 7 N–H and O–H groups in total. The minimum Gasteiger partial charge on any atom is -0.508 e. The van der Waals surface area contributed by atoms with Crippen molar-refractivity contribution in [1.29, 1.82) is 0 Å². The van der Waals surface area contributed by atoms with Crippen molar-refractivity contribution in [3.8, 4) is 5.75 Å². The molecule has 0 aliphatic rings. The van der Waals surface area contributed by atoms with Gasteiger partial charge in [0.05, 0.1) is 6.04 Å². The number of nitrogens with two attached hydrogens (primary N) is 1. The summed E-state index contributed by atoms with van der Waals surface area (Å²) < 4.78 is 0. The second-order valence-corrected chi connectivity index (χ2v) is 9.49. The van der Waals surface area contributed by atoms with E-state index in [1.165, 1.54) is 19.1 Å². The van der Waals surface area contributed by atoms with Crippen LogP contribution < -0.4 is 21.7 Å². The van der Waals surface area contributed by atoms with E-state index in [4.69, 9.17) is 5.73 Å². The maximum absolute atomic E-state index is 13.0. The standard InChI is InChI=1S/C27H36N4O6/c1-16(2)13-22(26(35)31-23(27(36)37)15-19-9-11-20(32)12-10-19)30-24(33)17(3)29-25(34)21(28)14-18-7-5-4-6-8-18/h4-12,16-17,21-23,32H,13-15,28H2,1-3H3,(H,29,34)(H,30,33)(H,31,35)(H,36,37). The molecular weight excluding hydrogens is 476 g/mol. The lowest BCUT2D eigenvalue weighted by atomic mass is 10.0. The number of carboxylic acid groups (broad SMARTS) is 1. The summed E-state index contributed by atoms with van der Waals surface area (Å²) in [5.41, 5.74) is 7.49. The number of hydrogen-bond acceptors (Lipinski definition) is 6. The van der Waals surface area contributed by atoms with Crippen molar-refractivity contribution in [3.05, 3.63) is 65.7 Å². The minimum absolute atomic E-state index is 0.00450. The number of nitrogens with one attached hydrogen (secondary N) is 3. The molecule has 0 aromatic heterocycles. The highest BCUT2D eigenvalue weighted by Gasteiger charge is 2.29. The van der Waals surface area contributed by atoms with Crippen LogP contribution in [0.3, 0.4) is 0 Å². The number of carboxylic acids is 1. The maximum Gasteiger partial charge on any atom is 0.326 e. The molecule has 4 unspecified atom stereocenters. The molecule has 0 bridgehead atoms. The summed E-state index contributed by atoms with van der Waals surface area (Å²) in [6.07, 6.45) is 0.559. The van der Waals surface area contributed by atoms with Gasteiger partial charge in [-0.25, -0.2) is 4.79 Å². The van der Waals surface area contributed by atoms with Gasteiger partial charge >= 0.3 is 5.97 Å². The number of phenolic OH excluding ortho intramolecular Hbond substituents is 1. The molecule has 37 heavy (non-hydrogen) atoms. The van der Waals surface area contributed by atoms with Crippen LogP contribution in [0.25, 0.3) is 0 Å². The van der Waals surface area contributed by atoms with Gasteiger partial charge in [-0.05, 0) is 48.9 Å². The summed E-state index contributed by atoms with van der Waals surface area (Å²) in [5, 5.41) is 26.7. The second-order valence-electron chi connectivity index (χ2n) is 9.49. The van der Waals surface area contributed by atoms with E-state index < -0.39 is 47.9 Å². The van der Waals surface area contributed by atoms with Gasteiger partial charge in [0.15, 0.2) is 0 Å². The predicted octanol–water partition coefficient (Wildman–Crippen LogP) is 1.11. The SMILES string of the molecule is CC(C)CC(NC(=O)C(C)NC(=O)C(N)Cc1ccccc1)C(=O)NC(Cc1ccc(O)cc1)C(=O)O. The highest BCUT2D eigenvalue weighted by atomic mass is 16.4. The zero-order valence-corrected chi connectivity index (χ0v) is 21.3. The number of aliphatic carboxylic acids is 1. The van der Waals surface area contributed by atoms with Gasteiger partial charge < -0.3 is 31.9 Å². The van der Waals surface area contributed by atoms with Gasteiger partial charge in [0.2, 0.25) is 17.7 Å². The minimum atomic E-state index is -1.24. The van der Waals surface area contributed by atoms with Crippen LogP contribution in [0.15, 0.2) is 54.6 Å². The van der Waals surface area contributed by atoms with Crippen molar-refractivity contribution in [2.45, 2.75) is 64.2 Å². The van der Waals surface area contributed by atoms with Crippen LogP contribution in [-0.4, -0.2) is 58.1 Å². The maximum atomic E-state index is 13.0. The van der Waals surface area contributed by atoms with Crippen LogP contribution >= 0.6 is 0 Å². The Morgan fingerprint density at radius 2 is 1.32 bits per heavy atom. The molecule has 0 saturated carbocycles. The molecule has 4 atom stereocenters. The number of amides is 3. The zero-order valence-electron chi connectivity index (χ0n) is 21.3. The number of carbonyl (C=O) groups excluding carboxylic acids is 3. The Morgan fingerprint density at radius 3 is 1.89 bits per heavy atom. The van der Waals surface area contributed by atoms with Crippen LogP contribution in [0.2, 0.25) is 0 Å². The first-order valence-corrected chi connectivity index (χ1v) is 12.2. The molecule has 0 radical (unpaired) electrons. The molecule has 2 rings (SSSR count). The van der Waals surface area contributed by atoms with Crippen LogP contribution in [0.5, 0.6) is 5.75 Å². The Balaban J connectivity index is 2.00. The smallest absolute Gasteiger partial charge is 0.326 e. The molecule has 2 aromatic rings. The zero-order chi connectivity index (χ0) is 27.5. The summed E-state index contributed by atoms with van der Waals surface area (Å²) in [6.45, 7) is 5.22. The van der Waals surface area contributed by atoms with Gasteiger partial charge in [-0.2, -0.15) is 0 Å². The second kappa shape index (κ2) is 14.0. The molecule has 0 heterocycles. The third kappa shape index (κ3) is 9.92. The van der Waals surface area contributed by atoms with Gasteiger partial charge in [0.1, 0.15) is 23.9 Å². The highest BCUT2D eigenvalue weighted by molar-refractivity contribution is 5.94. The number of aromatic hydroxyl groups is 1. The largest absolute Gasteiger partial charge is 0.508 e. The number of rotatable bonds is 13. The van der Waals surface area contributed by atoms with Crippen molar-refractivity contribution < 1.29 is 29.4 Å². The fourth-order valence-electron chi connectivity index (χ4n) is 3.69. The Hall–Kier alpha value is -3.92.